The van der Waals surface area contributed by atoms with Gasteiger partial charge in [-0.25, -0.2) is 4.79 Å². The smallest absolute Gasteiger partial charge is 0.320 e. The fourth-order valence-electron chi connectivity index (χ4n) is 3.93. The van der Waals surface area contributed by atoms with E-state index in [1.54, 1.807) is 0 Å². The van der Waals surface area contributed by atoms with E-state index in [1.807, 2.05) is 11.8 Å². The molecule has 3 heterocycles. The summed E-state index contributed by atoms with van der Waals surface area (Å²) in [5, 5.41) is 0.647. The number of rotatable bonds is 2. The molecule has 0 saturated carbocycles. The first-order chi connectivity index (χ1) is 9.60. The molecule has 3 unspecified atom stereocenters. The Bertz CT molecular complexity index is 362. The van der Waals surface area contributed by atoms with Gasteiger partial charge in [-0.1, -0.05) is 0 Å². The summed E-state index contributed by atoms with van der Waals surface area (Å²) in [6.45, 7) is 8.57. The highest BCUT2D eigenvalue weighted by Gasteiger charge is 2.45. The average Bonchev–Trinajstić information content (AvgIpc) is 3.01. The first-order valence-electron chi connectivity index (χ1n) is 7.94. The van der Waals surface area contributed by atoms with Gasteiger partial charge in [-0.3, -0.25) is 4.90 Å². The van der Waals surface area contributed by atoms with Gasteiger partial charge in [0.25, 0.3) is 0 Å². The van der Waals surface area contributed by atoms with E-state index >= 15 is 0 Å². The molecule has 3 atom stereocenters. The van der Waals surface area contributed by atoms with Crippen LogP contribution in [0.4, 0.5) is 4.79 Å². The van der Waals surface area contributed by atoms with Crippen LogP contribution in [0.1, 0.15) is 33.1 Å². The average molecular weight is 297 g/mol. The van der Waals surface area contributed by atoms with Crippen LogP contribution in [0.15, 0.2) is 0 Å². The van der Waals surface area contributed by atoms with Crippen LogP contribution in [0.3, 0.4) is 0 Å². The maximum Gasteiger partial charge on any atom is 0.320 e. The molecule has 0 aromatic carbocycles. The van der Waals surface area contributed by atoms with Crippen molar-refractivity contribution >= 4 is 17.8 Å². The minimum Gasteiger partial charge on any atom is -0.323 e. The molecule has 3 rings (SSSR count). The third kappa shape index (κ3) is 2.54. The number of urea groups is 1. The summed E-state index contributed by atoms with van der Waals surface area (Å²) in [5.41, 5.74) is 0. The van der Waals surface area contributed by atoms with E-state index in [-0.39, 0.29) is 0 Å². The van der Waals surface area contributed by atoms with Crippen LogP contribution in [0.25, 0.3) is 0 Å². The van der Waals surface area contributed by atoms with Crippen LogP contribution in [-0.4, -0.2) is 76.5 Å². The number of amides is 2. The maximum atomic E-state index is 12.8. The van der Waals surface area contributed by atoms with Crippen molar-refractivity contribution in [3.05, 3.63) is 0 Å². The van der Waals surface area contributed by atoms with Gasteiger partial charge in [0.05, 0.1) is 0 Å². The molecule has 4 nitrogen and oxygen atoms in total. The lowest BCUT2D eigenvalue weighted by molar-refractivity contribution is 0.0579. The molecule has 3 fully saturated rings. The molecule has 0 radical (unpaired) electrons. The van der Waals surface area contributed by atoms with Crippen LogP contribution >= 0.6 is 11.8 Å². The Morgan fingerprint density at radius 3 is 2.25 bits per heavy atom. The van der Waals surface area contributed by atoms with Crippen LogP contribution in [-0.2, 0) is 0 Å². The number of fused-ring (bicyclic) bond motifs is 2. The van der Waals surface area contributed by atoms with Crippen molar-refractivity contribution in [1.29, 1.82) is 0 Å². The third-order valence-electron chi connectivity index (χ3n) is 5.21. The van der Waals surface area contributed by atoms with Gasteiger partial charge in [0, 0.05) is 49.6 Å². The molecule has 114 valence electrons. The summed E-state index contributed by atoms with van der Waals surface area (Å²) in [6, 6.07) is 1.83. The summed E-state index contributed by atoms with van der Waals surface area (Å²) in [7, 11) is 0. The second kappa shape index (κ2) is 5.76. The van der Waals surface area contributed by atoms with Crippen molar-refractivity contribution in [3.8, 4) is 0 Å². The van der Waals surface area contributed by atoms with Crippen molar-refractivity contribution in [2.45, 2.75) is 56.5 Å². The zero-order chi connectivity index (χ0) is 14.3. The largest absolute Gasteiger partial charge is 0.323 e. The first-order valence-corrected chi connectivity index (χ1v) is 9.23. The number of carbonyl (C=O) groups excluding carboxylic acids is 1. The molecule has 20 heavy (non-hydrogen) atoms. The minimum atomic E-state index is 0.317. The number of likely N-dealkylation sites (tertiary alicyclic amines) is 2. The number of thioether (sulfide) groups is 1. The van der Waals surface area contributed by atoms with E-state index < -0.39 is 0 Å². The standard InChI is InChI=1S/C15H27N3OS/c1-11(2)17-8-12-4-5-13(9-17)18(12)15(19)16-7-6-14(10-16)20-3/h11-14H,4-10H2,1-3H3. The lowest BCUT2D eigenvalue weighted by atomic mass is 10.1. The van der Waals surface area contributed by atoms with E-state index in [2.05, 4.69) is 34.8 Å². The first kappa shape index (κ1) is 14.5. The third-order valence-corrected chi connectivity index (χ3v) is 6.26. The fourth-order valence-corrected chi connectivity index (χ4v) is 4.60. The van der Waals surface area contributed by atoms with E-state index in [4.69, 9.17) is 0 Å². The Balaban J connectivity index is 1.65. The van der Waals surface area contributed by atoms with Crippen molar-refractivity contribution in [2.24, 2.45) is 0 Å². The highest BCUT2D eigenvalue weighted by Crippen LogP contribution is 2.33. The van der Waals surface area contributed by atoms with E-state index in [0.29, 0.717) is 29.4 Å². The summed E-state index contributed by atoms with van der Waals surface area (Å²) < 4.78 is 0. The van der Waals surface area contributed by atoms with Gasteiger partial charge in [-0.05, 0) is 39.4 Å². The molecule has 0 aromatic rings. The van der Waals surface area contributed by atoms with Crippen LogP contribution in [0.5, 0.6) is 0 Å². The van der Waals surface area contributed by atoms with Crippen molar-refractivity contribution in [1.82, 2.24) is 14.7 Å². The Morgan fingerprint density at radius 2 is 1.75 bits per heavy atom. The van der Waals surface area contributed by atoms with Gasteiger partial charge in [0.2, 0.25) is 0 Å². The Kier molecular flexibility index (Phi) is 4.18. The summed E-state index contributed by atoms with van der Waals surface area (Å²) >= 11 is 1.90. The Labute approximate surface area is 126 Å². The zero-order valence-corrected chi connectivity index (χ0v) is 13.7. The van der Waals surface area contributed by atoms with Gasteiger partial charge in [-0.15, -0.1) is 0 Å². The number of nitrogens with zero attached hydrogens (tertiary/aromatic N) is 3. The van der Waals surface area contributed by atoms with Crippen LogP contribution in [0.2, 0.25) is 0 Å². The molecule has 0 spiro atoms. The fraction of sp³-hybridized carbons (Fsp3) is 0.933. The van der Waals surface area contributed by atoms with Gasteiger partial charge in [-0.2, -0.15) is 11.8 Å². The second-order valence-corrected chi connectivity index (χ2v) is 7.85. The van der Waals surface area contributed by atoms with Crippen molar-refractivity contribution < 1.29 is 4.79 Å². The van der Waals surface area contributed by atoms with Gasteiger partial charge >= 0.3 is 6.03 Å². The SMILES string of the molecule is CSC1CCN(C(=O)N2C3CCC2CN(C(C)C)C3)C1. The molecule has 0 N–H and O–H groups in total. The molecule has 0 aromatic heterocycles. The summed E-state index contributed by atoms with van der Waals surface area (Å²) in [4.78, 5) is 19.7. The molecule has 5 heteroatoms. The Hall–Kier alpha value is -0.420. The monoisotopic (exact) mass is 297 g/mol. The maximum absolute atomic E-state index is 12.8. The summed E-state index contributed by atoms with van der Waals surface area (Å²) in [5.74, 6) is 0. The minimum absolute atomic E-state index is 0.317. The molecule has 0 aliphatic carbocycles. The lowest BCUT2D eigenvalue weighted by Gasteiger charge is -2.44. The predicted molar refractivity (Wildman–Crippen MR) is 84.2 cm³/mol. The number of hydrogen-bond donors (Lipinski definition) is 0. The molecule has 3 saturated heterocycles. The van der Waals surface area contributed by atoms with E-state index in [9.17, 15) is 4.79 Å². The predicted octanol–water partition coefficient (Wildman–Crippen LogP) is 2.10. The Morgan fingerprint density at radius 1 is 1.10 bits per heavy atom. The van der Waals surface area contributed by atoms with E-state index in [0.717, 1.165) is 32.6 Å². The lowest BCUT2D eigenvalue weighted by Crippen LogP contribution is -2.59. The van der Waals surface area contributed by atoms with Crippen LogP contribution in [0, 0.1) is 0 Å². The summed E-state index contributed by atoms with van der Waals surface area (Å²) in [6.07, 6.45) is 5.71. The molecule has 2 bridgehead atoms. The quantitative estimate of drug-likeness (QED) is 0.781. The highest BCUT2D eigenvalue weighted by molar-refractivity contribution is 7.99. The van der Waals surface area contributed by atoms with Crippen LogP contribution < -0.4 is 0 Å². The topological polar surface area (TPSA) is 26.8 Å². The molecule has 3 aliphatic heterocycles. The second-order valence-electron chi connectivity index (χ2n) is 6.71. The molecule has 3 aliphatic rings. The van der Waals surface area contributed by atoms with Gasteiger partial charge < -0.3 is 9.80 Å². The van der Waals surface area contributed by atoms with Gasteiger partial charge in [0.15, 0.2) is 0 Å². The van der Waals surface area contributed by atoms with Crippen molar-refractivity contribution in [3.63, 3.8) is 0 Å². The number of hydrogen-bond acceptors (Lipinski definition) is 3. The van der Waals surface area contributed by atoms with E-state index in [1.165, 1.54) is 12.8 Å². The number of carbonyl (C=O) groups is 1. The molecular weight excluding hydrogens is 270 g/mol. The van der Waals surface area contributed by atoms with Gasteiger partial charge in [0.1, 0.15) is 0 Å². The normalized spacial score (nSPS) is 34.3. The van der Waals surface area contributed by atoms with Crippen molar-refractivity contribution in [2.75, 3.05) is 32.4 Å². The number of piperazine rings is 1. The molecular formula is C15H27N3OS. The zero-order valence-electron chi connectivity index (χ0n) is 12.9. The molecule has 2 amide bonds. The highest BCUT2D eigenvalue weighted by atomic mass is 32.2.